The fraction of sp³-hybridized carbons (Fsp3) is 0.500. The van der Waals surface area contributed by atoms with Gasteiger partial charge in [0, 0.05) is 6.42 Å². The smallest absolute Gasteiger partial charge is 0.416 e. The molecule has 0 aliphatic carbocycles. The van der Waals surface area contributed by atoms with Crippen LogP contribution in [0.15, 0.2) is 24.3 Å². The first kappa shape index (κ1) is 16.5. The van der Waals surface area contributed by atoms with Crippen LogP contribution in [-0.2, 0) is 22.1 Å². The summed E-state index contributed by atoms with van der Waals surface area (Å²) in [5, 5.41) is 0. The Morgan fingerprint density at radius 1 is 1.25 bits per heavy atom. The van der Waals surface area contributed by atoms with Crippen LogP contribution in [0.2, 0.25) is 0 Å². The van der Waals surface area contributed by atoms with Gasteiger partial charge < -0.3 is 10.5 Å². The van der Waals surface area contributed by atoms with Crippen LogP contribution < -0.4 is 5.73 Å². The van der Waals surface area contributed by atoms with E-state index >= 15 is 0 Å². The Balaban J connectivity index is 2.75. The number of carbonyl (C=O) groups excluding carboxylic acids is 1. The molecule has 0 radical (unpaired) electrons. The summed E-state index contributed by atoms with van der Waals surface area (Å²) in [4.78, 5) is 11.4. The van der Waals surface area contributed by atoms with Crippen molar-refractivity contribution in [2.75, 3.05) is 0 Å². The number of hydrogen-bond acceptors (Lipinski definition) is 3. The molecule has 112 valence electrons. The number of alkyl halides is 3. The second-order valence-corrected chi connectivity index (χ2v) is 5.34. The molecular formula is C14H18F3NO2. The summed E-state index contributed by atoms with van der Waals surface area (Å²) in [6.45, 7) is 4.88. The number of benzene rings is 1. The maximum absolute atomic E-state index is 12.4. The number of halogens is 3. The summed E-state index contributed by atoms with van der Waals surface area (Å²) in [6, 6.07) is 4.05. The normalized spacial score (nSPS) is 13.9. The predicted octanol–water partition coefficient (Wildman–Crippen LogP) is 2.92. The molecule has 0 bridgehead atoms. The van der Waals surface area contributed by atoms with Crippen LogP contribution in [0.5, 0.6) is 0 Å². The number of rotatable bonds is 4. The molecule has 0 aromatic heterocycles. The fourth-order valence-corrected chi connectivity index (χ4v) is 1.70. The highest BCUT2D eigenvalue weighted by Crippen LogP contribution is 2.29. The van der Waals surface area contributed by atoms with Crippen molar-refractivity contribution in [3.8, 4) is 0 Å². The lowest BCUT2D eigenvalue weighted by molar-refractivity contribution is -0.157. The van der Waals surface area contributed by atoms with Crippen molar-refractivity contribution < 1.29 is 22.7 Å². The predicted molar refractivity (Wildman–Crippen MR) is 69.0 cm³/mol. The van der Waals surface area contributed by atoms with E-state index in [1.807, 2.05) is 0 Å². The molecule has 1 aromatic rings. The van der Waals surface area contributed by atoms with Crippen molar-refractivity contribution >= 4 is 5.97 Å². The van der Waals surface area contributed by atoms with Gasteiger partial charge in [-0.25, -0.2) is 0 Å². The maximum atomic E-state index is 12.4. The van der Waals surface area contributed by atoms with Crippen molar-refractivity contribution in [1.82, 2.24) is 0 Å². The third kappa shape index (κ3) is 4.85. The lowest BCUT2D eigenvalue weighted by Crippen LogP contribution is -2.38. The van der Waals surface area contributed by atoms with Gasteiger partial charge in [-0.2, -0.15) is 13.2 Å². The van der Waals surface area contributed by atoms with Crippen LogP contribution in [0.4, 0.5) is 13.2 Å². The van der Waals surface area contributed by atoms with Crippen molar-refractivity contribution in [3.63, 3.8) is 0 Å². The highest BCUT2D eigenvalue weighted by Gasteiger charge is 2.30. The average Bonchev–Trinajstić information content (AvgIpc) is 2.26. The van der Waals surface area contributed by atoms with Crippen LogP contribution in [0.1, 0.15) is 31.9 Å². The van der Waals surface area contributed by atoms with E-state index < -0.39 is 29.4 Å². The minimum atomic E-state index is -4.35. The van der Waals surface area contributed by atoms with Gasteiger partial charge in [-0.1, -0.05) is 12.1 Å². The first-order chi connectivity index (χ1) is 9.01. The Labute approximate surface area is 115 Å². The summed E-state index contributed by atoms with van der Waals surface area (Å²) >= 11 is 0. The van der Waals surface area contributed by atoms with E-state index in [0.717, 1.165) is 12.1 Å². The Morgan fingerprint density at radius 3 is 2.15 bits per heavy atom. The van der Waals surface area contributed by atoms with Gasteiger partial charge in [0.1, 0.15) is 11.6 Å². The van der Waals surface area contributed by atoms with Crippen LogP contribution in [0, 0.1) is 0 Å². The van der Waals surface area contributed by atoms with Gasteiger partial charge in [0.15, 0.2) is 0 Å². The lowest BCUT2D eigenvalue weighted by Gasteiger charge is -2.26. The van der Waals surface area contributed by atoms with Crippen molar-refractivity contribution in [2.45, 2.75) is 45.0 Å². The molecule has 1 aromatic carbocycles. The van der Waals surface area contributed by atoms with Gasteiger partial charge in [-0.15, -0.1) is 0 Å². The molecule has 0 unspecified atom stereocenters. The molecule has 2 N–H and O–H groups in total. The minimum Gasteiger partial charge on any atom is -0.458 e. The molecule has 0 saturated heterocycles. The summed E-state index contributed by atoms with van der Waals surface area (Å²) in [5.41, 5.74) is 4.53. The van der Waals surface area contributed by atoms with E-state index in [9.17, 15) is 18.0 Å². The summed E-state index contributed by atoms with van der Waals surface area (Å²) < 4.78 is 42.5. The van der Waals surface area contributed by atoms with E-state index in [1.54, 1.807) is 13.8 Å². The fourth-order valence-electron chi connectivity index (χ4n) is 1.70. The van der Waals surface area contributed by atoms with Crippen LogP contribution in [0.25, 0.3) is 0 Å². The number of esters is 1. The Kier molecular flexibility index (Phi) is 4.81. The molecule has 1 rings (SSSR count). The summed E-state index contributed by atoms with van der Waals surface area (Å²) in [6.07, 6.45) is -4.04. The van der Waals surface area contributed by atoms with Crippen LogP contribution in [0.3, 0.4) is 0 Å². The SMILES string of the molecule is C[C@H](N)C(=O)OC(C)(C)Cc1ccc(C(F)(F)F)cc1. The topological polar surface area (TPSA) is 52.3 Å². The van der Waals surface area contributed by atoms with Crippen molar-refractivity contribution in [3.05, 3.63) is 35.4 Å². The molecule has 0 heterocycles. The van der Waals surface area contributed by atoms with Crippen molar-refractivity contribution in [1.29, 1.82) is 0 Å². The largest absolute Gasteiger partial charge is 0.458 e. The molecule has 0 amide bonds. The van der Waals surface area contributed by atoms with Crippen LogP contribution >= 0.6 is 0 Å². The zero-order chi connectivity index (χ0) is 15.6. The second-order valence-electron chi connectivity index (χ2n) is 5.34. The number of carbonyl (C=O) groups is 1. The lowest BCUT2D eigenvalue weighted by atomic mass is 9.97. The molecule has 0 aliphatic heterocycles. The van der Waals surface area contributed by atoms with Gasteiger partial charge in [0.05, 0.1) is 5.56 Å². The van der Waals surface area contributed by atoms with Crippen LogP contribution in [-0.4, -0.2) is 17.6 Å². The van der Waals surface area contributed by atoms with E-state index in [1.165, 1.54) is 19.1 Å². The third-order valence-corrected chi connectivity index (χ3v) is 2.66. The summed E-state index contributed by atoms with van der Waals surface area (Å²) in [7, 11) is 0. The van der Waals surface area contributed by atoms with Gasteiger partial charge >= 0.3 is 12.1 Å². The molecule has 6 heteroatoms. The van der Waals surface area contributed by atoms with Gasteiger partial charge in [0.2, 0.25) is 0 Å². The number of hydrogen-bond donors (Lipinski definition) is 1. The molecular weight excluding hydrogens is 271 g/mol. The molecule has 20 heavy (non-hydrogen) atoms. The third-order valence-electron chi connectivity index (χ3n) is 2.66. The van der Waals surface area contributed by atoms with E-state index in [2.05, 4.69) is 0 Å². The molecule has 0 fully saturated rings. The monoisotopic (exact) mass is 289 g/mol. The van der Waals surface area contributed by atoms with Gasteiger partial charge in [0.25, 0.3) is 0 Å². The van der Waals surface area contributed by atoms with E-state index in [4.69, 9.17) is 10.5 Å². The standard InChI is InChI=1S/C14H18F3NO2/c1-9(18)12(19)20-13(2,3)8-10-4-6-11(7-5-10)14(15,16)17/h4-7,9H,8,18H2,1-3H3/t9-/m0/s1. The highest BCUT2D eigenvalue weighted by atomic mass is 19.4. The second kappa shape index (κ2) is 5.83. The molecule has 3 nitrogen and oxygen atoms in total. The molecule has 0 spiro atoms. The van der Waals surface area contributed by atoms with E-state index in [-0.39, 0.29) is 0 Å². The molecule has 1 atom stereocenters. The van der Waals surface area contributed by atoms with Gasteiger partial charge in [-0.3, -0.25) is 4.79 Å². The van der Waals surface area contributed by atoms with Gasteiger partial charge in [-0.05, 0) is 38.5 Å². The van der Waals surface area contributed by atoms with Crippen molar-refractivity contribution in [2.24, 2.45) is 5.73 Å². The molecule has 0 aliphatic rings. The number of ether oxygens (including phenoxy) is 1. The minimum absolute atomic E-state index is 0.309. The summed E-state index contributed by atoms with van der Waals surface area (Å²) in [5.74, 6) is -0.540. The zero-order valence-corrected chi connectivity index (χ0v) is 11.6. The number of nitrogens with two attached hydrogens (primary N) is 1. The Hall–Kier alpha value is -1.56. The van der Waals surface area contributed by atoms with E-state index in [0.29, 0.717) is 12.0 Å². The Bertz CT molecular complexity index is 464. The molecule has 0 saturated carbocycles. The maximum Gasteiger partial charge on any atom is 0.416 e. The quantitative estimate of drug-likeness (QED) is 0.867. The Morgan fingerprint density at radius 2 is 1.75 bits per heavy atom. The zero-order valence-electron chi connectivity index (χ0n) is 11.6. The first-order valence-corrected chi connectivity index (χ1v) is 6.16. The average molecular weight is 289 g/mol. The first-order valence-electron chi connectivity index (χ1n) is 6.16. The highest BCUT2D eigenvalue weighted by molar-refractivity contribution is 5.75.